The molecule has 3 aromatic carbocycles. The summed E-state index contributed by atoms with van der Waals surface area (Å²) in [6.07, 6.45) is 0. The third kappa shape index (κ3) is 3.86. The van der Waals surface area contributed by atoms with Crippen LogP contribution in [0.15, 0.2) is 78.9 Å². The lowest BCUT2D eigenvalue weighted by molar-refractivity contribution is 0.0949. The minimum atomic E-state index is -0.110. The average molecular weight is 376 g/mol. The number of rotatable bonds is 5. The molecule has 4 nitrogen and oxygen atoms in total. The van der Waals surface area contributed by atoms with Gasteiger partial charge in [0.05, 0.1) is 17.6 Å². The summed E-state index contributed by atoms with van der Waals surface area (Å²) in [5.74, 6) is 0.705. The number of aromatic nitrogens is 2. The maximum atomic E-state index is 12.4. The molecular formula is C22H18ClN3O. The maximum Gasteiger partial charge on any atom is 0.251 e. The Hall–Kier alpha value is -3.11. The number of nitrogens with zero attached hydrogens (tertiary/aromatic N) is 2. The summed E-state index contributed by atoms with van der Waals surface area (Å²) in [7, 11) is 0. The van der Waals surface area contributed by atoms with E-state index >= 15 is 0 Å². The predicted molar refractivity (Wildman–Crippen MR) is 108 cm³/mol. The molecule has 0 aliphatic rings. The first kappa shape index (κ1) is 17.3. The minimum Gasteiger partial charge on any atom is -0.345 e. The van der Waals surface area contributed by atoms with Gasteiger partial charge in [-0.15, -0.1) is 0 Å². The SMILES string of the molecule is O=C(NCc1nc2ccccc2n1Cc1ccc(Cl)cc1)c1ccccc1. The van der Waals surface area contributed by atoms with Gasteiger partial charge in [-0.1, -0.05) is 54.1 Å². The van der Waals surface area contributed by atoms with E-state index in [4.69, 9.17) is 16.6 Å². The molecular weight excluding hydrogens is 358 g/mol. The van der Waals surface area contributed by atoms with Gasteiger partial charge in [-0.25, -0.2) is 4.98 Å². The summed E-state index contributed by atoms with van der Waals surface area (Å²) in [6, 6.07) is 24.9. The fourth-order valence-electron chi connectivity index (χ4n) is 3.06. The van der Waals surface area contributed by atoms with E-state index < -0.39 is 0 Å². The van der Waals surface area contributed by atoms with E-state index in [0.717, 1.165) is 22.4 Å². The number of hydrogen-bond donors (Lipinski definition) is 1. The van der Waals surface area contributed by atoms with E-state index in [1.165, 1.54) is 0 Å². The van der Waals surface area contributed by atoms with E-state index in [1.54, 1.807) is 12.1 Å². The number of halogens is 1. The highest BCUT2D eigenvalue weighted by atomic mass is 35.5. The van der Waals surface area contributed by atoms with E-state index in [9.17, 15) is 4.79 Å². The van der Waals surface area contributed by atoms with Crippen LogP contribution in [-0.4, -0.2) is 15.5 Å². The number of fused-ring (bicyclic) bond motifs is 1. The highest BCUT2D eigenvalue weighted by Gasteiger charge is 2.12. The lowest BCUT2D eigenvalue weighted by atomic mass is 10.2. The van der Waals surface area contributed by atoms with Gasteiger partial charge in [0, 0.05) is 17.1 Å². The zero-order valence-corrected chi connectivity index (χ0v) is 15.4. The van der Waals surface area contributed by atoms with E-state index in [0.29, 0.717) is 23.7 Å². The summed E-state index contributed by atoms with van der Waals surface area (Å²) in [6.45, 7) is 1.02. The zero-order chi connectivity index (χ0) is 18.6. The first-order valence-electron chi connectivity index (χ1n) is 8.72. The molecule has 0 unspecified atom stereocenters. The van der Waals surface area contributed by atoms with Gasteiger partial charge in [0.15, 0.2) is 0 Å². The van der Waals surface area contributed by atoms with Gasteiger partial charge in [-0.2, -0.15) is 0 Å². The van der Waals surface area contributed by atoms with Gasteiger partial charge in [0.25, 0.3) is 5.91 Å². The first-order chi connectivity index (χ1) is 13.2. The summed E-state index contributed by atoms with van der Waals surface area (Å²) in [5, 5.41) is 3.68. The molecule has 0 saturated heterocycles. The Morgan fingerprint density at radius 1 is 0.926 bits per heavy atom. The molecule has 1 aromatic heterocycles. The van der Waals surface area contributed by atoms with Gasteiger partial charge >= 0.3 is 0 Å². The van der Waals surface area contributed by atoms with Crippen LogP contribution in [0.1, 0.15) is 21.7 Å². The number of para-hydroxylation sites is 2. The van der Waals surface area contributed by atoms with Gasteiger partial charge in [-0.3, -0.25) is 4.79 Å². The first-order valence-corrected chi connectivity index (χ1v) is 9.10. The quantitative estimate of drug-likeness (QED) is 0.551. The van der Waals surface area contributed by atoms with Crippen LogP contribution < -0.4 is 5.32 Å². The Bertz CT molecular complexity index is 1070. The molecule has 0 aliphatic carbocycles. The molecule has 1 N–H and O–H groups in total. The van der Waals surface area contributed by atoms with E-state index in [1.807, 2.05) is 66.7 Å². The second-order valence-electron chi connectivity index (χ2n) is 6.28. The van der Waals surface area contributed by atoms with E-state index in [-0.39, 0.29) is 5.91 Å². The van der Waals surface area contributed by atoms with Crippen LogP contribution in [0.25, 0.3) is 11.0 Å². The van der Waals surface area contributed by atoms with Crippen molar-refractivity contribution in [2.45, 2.75) is 13.1 Å². The lowest BCUT2D eigenvalue weighted by Gasteiger charge is -2.11. The molecule has 134 valence electrons. The van der Waals surface area contributed by atoms with Gasteiger partial charge < -0.3 is 9.88 Å². The van der Waals surface area contributed by atoms with Crippen molar-refractivity contribution in [1.29, 1.82) is 0 Å². The van der Waals surface area contributed by atoms with Crippen LogP contribution in [0, 0.1) is 0 Å². The number of nitrogens with one attached hydrogen (secondary N) is 1. The molecule has 0 saturated carbocycles. The second-order valence-corrected chi connectivity index (χ2v) is 6.71. The molecule has 0 fully saturated rings. The number of benzene rings is 3. The molecule has 0 radical (unpaired) electrons. The molecule has 0 bridgehead atoms. The van der Waals surface area contributed by atoms with Crippen LogP contribution in [0.3, 0.4) is 0 Å². The van der Waals surface area contributed by atoms with E-state index in [2.05, 4.69) is 9.88 Å². The van der Waals surface area contributed by atoms with Crippen LogP contribution in [0.4, 0.5) is 0 Å². The Labute approximate surface area is 162 Å². The van der Waals surface area contributed by atoms with Crippen molar-refractivity contribution < 1.29 is 4.79 Å². The van der Waals surface area contributed by atoms with Crippen LogP contribution in [-0.2, 0) is 13.1 Å². The highest BCUT2D eigenvalue weighted by Crippen LogP contribution is 2.19. The lowest BCUT2D eigenvalue weighted by Crippen LogP contribution is -2.24. The molecule has 1 amide bonds. The second kappa shape index (κ2) is 7.64. The maximum absolute atomic E-state index is 12.4. The van der Waals surface area contributed by atoms with Crippen LogP contribution in [0.5, 0.6) is 0 Å². The number of carbonyl (C=O) groups is 1. The summed E-state index contributed by atoms with van der Waals surface area (Å²) in [5.41, 5.74) is 3.71. The normalized spacial score (nSPS) is 10.9. The predicted octanol–water partition coefficient (Wildman–Crippen LogP) is 4.67. The highest BCUT2D eigenvalue weighted by molar-refractivity contribution is 6.30. The molecule has 0 aliphatic heterocycles. The molecule has 0 spiro atoms. The topological polar surface area (TPSA) is 46.9 Å². The third-order valence-electron chi connectivity index (χ3n) is 4.43. The third-order valence-corrected chi connectivity index (χ3v) is 4.68. The Morgan fingerprint density at radius 3 is 2.41 bits per heavy atom. The molecule has 4 rings (SSSR count). The fourth-order valence-corrected chi connectivity index (χ4v) is 3.19. The molecule has 5 heteroatoms. The van der Waals surface area contributed by atoms with Crippen molar-refractivity contribution >= 4 is 28.5 Å². The van der Waals surface area contributed by atoms with Crippen molar-refractivity contribution in [3.63, 3.8) is 0 Å². The minimum absolute atomic E-state index is 0.110. The van der Waals surface area contributed by atoms with Gasteiger partial charge in [0.1, 0.15) is 5.82 Å². The number of hydrogen-bond acceptors (Lipinski definition) is 2. The van der Waals surface area contributed by atoms with Crippen molar-refractivity contribution in [2.24, 2.45) is 0 Å². The zero-order valence-electron chi connectivity index (χ0n) is 14.6. The van der Waals surface area contributed by atoms with Gasteiger partial charge in [-0.05, 0) is 42.0 Å². The molecule has 0 atom stereocenters. The number of imidazole rings is 1. The number of amides is 1. The summed E-state index contributed by atoms with van der Waals surface area (Å²) in [4.78, 5) is 17.1. The van der Waals surface area contributed by atoms with Crippen molar-refractivity contribution in [2.75, 3.05) is 0 Å². The van der Waals surface area contributed by atoms with Crippen LogP contribution in [0.2, 0.25) is 5.02 Å². The Morgan fingerprint density at radius 2 is 1.63 bits per heavy atom. The molecule has 4 aromatic rings. The fraction of sp³-hybridized carbons (Fsp3) is 0.0909. The monoisotopic (exact) mass is 375 g/mol. The number of carbonyl (C=O) groups excluding carboxylic acids is 1. The summed E-state index contributed by atoms with van der Waals surface area (Å²) < 4.78 is 2.13. The van der Waals surface area contributed by atoms with Crippen molar-refractivity contribution in [3.05, 3.63) is 101 Å². The van der Waals surface area contributed by atoms with Crippen molar-refractivity contribution in [1.82, 2.24) is 14.9 Å². The standard InChI is InChI=1S/C22H18ClN3O/c23-18-12-10-16(11-13-18)15-26-20-9-5-4-8-19(20)25-21(26)14-24-22(27)17-6-2-1-3-7-17/h1-13H,14-15H2,(H,24,27). The molecule has 27 heavy (non-hydrogen) atoms. The molecule has 1 heterocycles. The largest absolute Gasteiger partial charge is 0.345 e. The van der Waals surface area contributed by atoms with Crippen molar-refractivity contribution in [3.8, 4) is 0 Å². The van der Waals surface area contributed by atoms with Crippen LogP contribution >= 0.6 is 11.6 Å². The van der Waals surface area contributed by atoms with Gasteiger partial charge in [0.2, 0.25) is 0 Å². The smallest absolute Gasteiger partial charge is 0.251 e. The Kier molecular flexibility index (Phi) is 4.90. The summed E-state index contributed by atoms with van der Waals surface area (Å²) >= 11 is 6.00. The average Bonchev–Trinajstić information content (AvgIpc) is 3.06. The Balaban J connectivity index is 1.61.